The van der Waals surface area contributed by atoms with Gasteiger partial charge >= 0.3 is 0 Å². The van der Waals surface area contributed by atoms with E-state index in [9.17, 15) is 4.79 Å². The molecule has 1 amide bonds. The third-order valence-electron chi connectivity index (χ3n) is 2.41. The summed E-state index contributed by atoms with van der Waals surface area (Å²) in [6.45, 7) is 5.28. The van der Waals surface area contributed by atoms with Crippen molar-refractivity contribution in [3.63, 3.8) is 0 Å². The molecular formula is C13H18Cl2N2O2. The maximum Gasteiger partial charge on any atom is 0.238 e. The number of hydrogen-bond donors (Lipinski definition) is 2. The second kappa shape index (κ2) is 8.38. The number of benzene rings is 1. The number of carbonyl (C=O) groups excluding carboxylic acids is 1. The van der Waals surface area contributed by atoms with Crippen LogP contribution in [0.25, 0.3) is 0 Å². The number of carbonyl (C=O) groups is 1. The van der Waals surface area contributed by atoms with E-state index in [0.29, 0.717) is 28.9 Å². The topological polar surface area (TPSA) is 50.4 Å². The zero-order chi connectivity index (χ0) is 14.3. The number of rotatable bonds is 7. The van der Waals surface area contributed by atoms with Crippen molar-refractivity contribution in [2.24, 2.45) is 0 Å². The van der Waals surface area contributed by atoms with Gasteiger partial charge in [-0.1, -0.05) is 29.3 Å². The minimum absolute atomic E-state index is 0.104. The molecular weight excluding hydrogens is 287 g/mol. The van der Waals surface area contributed by atoms with Gasteiger partial charge in [0.2, 0.25) is 5.91 Å². The number of nitrogens with one attached hydrogen (secondary N) is 2. The molecule has 1 rings (SSSR count). The van der Waals surface area contributed by atoms with E-state index in [-0.39, 0.29) is 18.5 Å². The van der Waals surface area contributed by atoms with Crippen molar-refractivity contribution >= 4 is 34.8 Å². The van der Waals surface area contributed by atoms with Crippen molar-refractivity contribution in [1.82, 2.24) is 5.32 Å². The van der Waals surface area contributed by atoms with Crippen molar-refractivity contribution in [1.29, 1.82) is 0 Å². The fourth-order valence-electron chi connectivity index (χ4n) is 1.42. The van der Waals surface area contributed by atoms with Crippen LogP contribution in [0.5, 0.6) is 0 Å². The van der Waals surface area contributed by atoms with Gasteiger partial charge in [-0.15, -0.1) is 0 Å². The van der Waals surface area contributed by atoms with Crippen LogP contribution in [0.4, 0.5) is 5.69 Å². The van der Waals surface area contributed by atoms with Gasteiger partial charge < -0.3 is 15.4 Å². The Balaban J connectivity index is 2.43. The van der Waals surface area contributed by atoms with Crippen LogP contribution in [0.15, 0.2) is 18.2 Å². The molecule has 106 valence electrons. The minimum Gasteiger partial charge on any atom is -0.380 e. The van der Waals surface area contributed by atoms with E-state index in [1.807, 2.05) is 13.8 Å². The quantitative estimate of drug-likeness (QED) is 0.814. The molecule has 1 aromatic rings. The molecule has 0 saturated heterocycles. The monoisotopic (exact) mass is 304 g/mol. The highest BCUT2D eigenvalue weighted by Crippen LogP contribution is 2.29. The van der Waals surface area contributed by atoms with E-state index in [4.69, 9.17) is 27.9 Å². The molecule has 1 unspecified atom stereocenters. The molecule has 1 atom stereocenters. The largest absolute Gasteiger partial charge is 0.380 e. The summed E-state index contributed by atoms with van der Waals surface area (Å²) in [6, 6.07) is 5.18. The lowest BCUT2D eigenvalue weighted by molar-refractivity contribution is -0.115. The van der Waals surface area contributed by atoms with E-state index < -0.39 is 0 Å². The molecule has 0 fully saturated rings. The Labute approximate surface area is 123 Å². The smallest absolute Gasteiger partial charge is 0.238 e. The van der Waals surface area contributed by atoms with Crippen LogP contribution in [0.1, 0.15) is 13.8 Å². The van der Waals surface area contributed by atoms with Gasteiger partial charge in [-0.05, 0) is 26.0 Å². The first-order valence-corrected chi connectivity index (χ1v) is 6.85. The number of hydrogen-bond acceptors (Lipinski definition) is 3. The summed E-state index contributed by atoms with van der Waals surface area (Å²) in [5.41, 5.74) is 0.440. The summed E-state index contributed by atoms with van der Waals surface area (Å²) in [4.78, 5) is 11.8. The number of amides is 1. The molecule has 19 heavy (non-hydrogen) atoms. The molecule has 1 aromatic carbocycles. The maximum absolute atomic E-state index is 11.8. The number of para-hydroxylation sites is 1. The molecule has 0 aliphatic heterocycles. The summed E-state index contributed by atoms with van der Waals surface area (Å²) in [5, 5.41) is 6.58. The molecule has 0 radical (unpaired) electrons. The fourth-order valence-corrected chi connectivity index (χ4v) is 1.91. The maximum atomic E-state index is 11.8. The molecule has 0 saturated carbocycles. The van der Waals surface area contributed by atoms with Crippen LogP contribution < -0.4 is 10.6 Å². The zero-order valence-corrected chi connectivity index (χ0v) is 12.5. The fraction of sp³-hybridized carbons (Fsp3) is 0.462. The lowest BCUT2D eigenvalue weighted by Gasteiger charge is -2.14. The minimum atomic E-state index is -0.196. The molecule has 0 heterocycles. The van der Waals surface area contributed by atoms with E-state index in [2.05, 4.69) is 10.6 Å². The van der Waals surface area contributed by atoms with Gasteiger partial charge in [0.15, 0.2) is 0 Å². The summed E-state index contributed by atoms with van der Waals surface area (Å²) in [6.07, 6.45) is 0. The van der Waals surface area contributed by atoms with Crippen LogP contribution in [0.2, 0.25) is 10.0 Å². The Bertz CT molecular complexity index is 407. The van der Waals surface area contributed by atoms with Gasteiger partial charge in [-0.2, -0.15) is 0 Å². The van der Waals surface area contributed by atoms with Crippen LogP contribution in [0, 0.1) is 0 Å². The standard InChI is InChI=1S/C13H18Cl2N2O2/c1-3-19-8-9(2)16-7-12(18)17-13-10(14)5-4-6-11(13)15/h4-6,9,16H,3,7-8H2,1-2H3,(H,17,18). The summed E-state index contributed by atoms with van der Waals surface area (Å²) < 4.78 is 5.25. The highest BCUT2D eigenvalue weighted by molar-refractivity contribution is 6.39. The molecule has 4 nitrogen and oxygen atoms in total. The highest BCUT2D eigenvalue weighted by atomic mass is 35.5. The van der Waals surface area contributed by atoms with Gasteiger partial charge in [-0.25, -0.2) is 0 Å². The van der Waals surface area contributed by atoms with Crippen LogP contribution in [-0.2, 0) is 9.53 Å². The van der Waals surface area contributed by atoms with E-state index >= 15 is 0 Å². The van der Waals surface area contributed by atoms with Crippen molar-refractivity contribution < 1.29 is 9.53 Å². The first kappa shape index (κ1) is 16.2. The third-order valence-corrected chi connectivity index (χ3v) is 3.04. The molecule has 0 aliphatic rings. The van der Waals surface area contributed by atoms with Crippen LogP contribution in [-0.4, -0.2) is 31.7 Å². The zero-order valence-electron chi connectivity index (χ0n) is 11.0. The van der Waals surface area contributed by atoms with Gasteiger partial charge in [0.1, 0.15) is 0 Å². The summed E-state index contributed by atoms with van der Waals surface area (Å²) >= 11 is 11.9. The Morgan fingerprint density at radius 3 is 2.58 bits per heavy atom. The van der Waals surface area contributed by atoms with Gasteiger partial charge in [0.05, 0.1) is 28.9 Å². The number of halogens is 2. The normalized spacial score (nSPS) is 12.2. The molecule has 0 aliphatic carbocycles. The predicted molar refractivity (Wildman–Crippen MR) is 79.0 cm³/mol. The molecule has 0 aromatic heterocycles. The Kier molecular flexibility index (Phi) is 7.16. The Morgan fingerprint density at radius 1 is 1.37 bits per heavy atom. The lowest BCUT2D eigenvalue weighted by Crippen LogP contribution is -2.37. The second-order valence-electron chi connectivity index (χ2n) is 4.09. The average Bonchev–Trinajstić information content (AvgIpc) is 2.38. The lowest BCUT2D eigenvalue weighted by atomic mass is 10.3. The van der Waals surface area contributed by atoms with E-state index in [1.54, 1.807) is 18.2 Å². The van der Waals surface area contributed by atoms with Gasteiger partial charge in [0.25, 0.3) is 0 Å². The summed E-state index contributed by atoms with van der Waals surface area (Å²) in [5.74, 6) is -0.196. The molecule has 2 N–H and O–H groups in total. The number of anilines is 1. The average molecular weight is 305 g/mol. The van der Waals surface area contributed by atoms with Gasteiger partial charge in [0, 0.05) is 12.6 Å². The van der Waals surface area contributed by atoms with Gasteiger partial charge in [-0.3, -0.25) is 4.79 Å². The van der Waals surface area contributed by atoms with Crippen molar-refractivity contribution in [2.45, 2.75) is 19.9 Å². The highest BCUT2D eigenvalue weighted by Gasteiger charge is 2.10. The van der Waals surface area contributed by atoms with Crippen molar-refractivity contribution in [2.75, 3.05) is 25.1 Å². The first-order valence-electron chi connectivity index (χ1n) is 6.09. The predicted octanol–water partition coefficient (Wildman–Crippen LogP) is 2.95. The van der Waals surface area contributed by atoms with Crippen LogP contribution in [0.3, 0.4) is 0 Å². The number of ether oxygens (including phenoxy) is 1. The Morgan fingerprint density at radius 2 is 2.00 bits per heavy atom. The summed E-state index contributed by atoms with van der Waals surface area (Å²) in [7, 11) is 0. The first-order chi connectivity index (χ1) is 9.04. The van der Waals surface area contributed by atoms with Crippen molar-refractivity contribution in [3.8, 4) is 0 Å². The van der Waals surface area contributed by atoms with E-state index in [0.717, 1.165) is 0 Å². The SMILES string of the molecule is CCOCC(C)NCC(=O)Nc1c(Cl)cccc1Cl. The molecule has 0 bridgehead atoms. The van der Waals surface area contributed by atoms with Crippen LogP contribution >= 0.6 is 23.2 Å². The third kappa shape index (κ3) is 5.78. The Hall–Kier alpha value is -0.810. The van der Waals surface area contributed by atoms with E-state index in [1.165, 1.54) is 0 Å². The molecule has 0 spiro atoms. The van der Waals surface area contributed by atoms with Crippen molar-refractivity contribution in [3.05, 3.63) is 28.2 Å². The molecule has 6 heteroatoms. The second-order valence-corrected chi connectivity index (χ2v) is 4.90.